The zero-order valence-corrected chi connectivity index (χ0v) is 29.9. The van der Waals surface area contributed by atoms with Gasteiger partial charge in [0.05, 0.1) is 22.7 Å². The lowest BCUT2D eigenvalue weighted by atomic mass is 9.81. The molecule has 0 radical (unpaired) electrons. The Kier molecular flexibility index (Phi) is 9.69. The summed E-state index contributed by atoms with van der Waals surface area (Å²) in [7, 11) is -4.11. The number of nitrogens with zero attached hydrogens (tertiary/aromatic N) is 4. The maximum Gasteiger partial charge on any atom is 0.264 e. The number of nitrogens with one attached hydrogen (secondary N) is 1. The van der Waals surface area contributed by atoms with E-state index in [2.05, 4.69) is 33.4 Å². The summed E-state index contributed by atoms with van der Waals surface area (Å²) in [6.07, 6.45) is 7.58. The summed E-state index contributed by atoms with van der Waals surface area (Å²) >= 11 is 0. The largest absolute Gasteiger partial charge is 0.475 e. The van der Waals surface area contributed by atoms with E-state index < -0.39 is 10.0 Å². The number of hydrogen-bond donors (Lipinski definition) is 1. The van der Waals surface area contributed by atoms with E-state index in [-0.39, 0.29) is 41.3 Å². The van der Waals surface area contributed by atoms with Crippen molar-refractivity contribution >= 4 is 21.9 Å². The fourth-order valence-corrected chi connectivity index (χ4v) is 8.67. The number of ether oxygens (including phenoxy) is 2. The van der Waals surface area contributed by atoms with Crippen LogP contribution in [0.3, 0.4) is 0 Å². The second-order valence-electron chi connectivity index (χ2n) is 14.9. The van der Waals surface area contributed by atoms with Crippen LogP contribution in [-0.2, 0) is 14.8 Å². The molecule has 0 unspecified atom stereocenters. The number of anilines is 1. The minimum atomic E-state index is -4.11. The smallest absolute Gasteiger partial charge is 0.264 e. The van der Waals surface area contributed by atoms with Crippen molar-refractivity contribution in [2.24, 2.45) is 11.8 Å². The Morgan fingerprint density at radius 2 is 1.67 bits per heavy atom. The fraction of sp³-hybridized carbons (Fsp3) is 0.553. The van der Waals surface area contributed by atoms with Crippen molar-refractivity contribution in [1.82, 2.24) is 19.8 Å². The van der Waals surface area contributed by atoms with Crippen molar-refractivity contribution in [3.05, 3.63) is 65.2 Å². The topological polar surface area (TPSA) is 114 Å². The van der Waals surface area contributed by atoms with Gasteiger partial charge in [-0.15, -0.1) is 0 Å². The highest BCUT2D eigenvalue weighted by Gasteiger charge is 2.43. The molecule has 3 fully saturated rings. The monoisotopic (exact) mass is 687 g/mol. The van der Waals surface area contributed by atoms with Gasteiger partial charge in [0.2, 0.25) is 11.8 Å². The zero-order valence-electron chi connectivity index (χ0n) is 29.1. The fourth-order valence-electron chi connectivity index (χ4n) is 7.68. The molecule has 4 aliphatic rings. The predicted molar refractivity (Wildman–Crippen MR) is 189 cm³/mol. The first-order valence-electron chi connectivity index (χ1n) is 17.9. The van der Waals surface area contributed by atoms with E-state index in [9.17, 15) is 13.2 Å². The van der Waals surface area contributed by atoms with E-state index in [4.69, 9.17) is 9.47 Å². The summed E-state index contributed by atoms with van der Waals surface area (Å²) in [6.45, 7) is 11.5. The van der Waals surface area contributed by atoms with Crippen LogP contribution < -0.4 is 9.46 Å². The molecule has 2 aliphatic heterocycles. The second kappa shape index (κ2) is 14.0. The van der Waals surface area contributed by atoms with Gasteiger partial charge in [0.25, 0.3) is 15.9 Å². The van der Waals surface area contributed by atoms with Crippen LogP contribution in [0.5, 0.6) is 5.88 Å². The first kappa shape index (κ1) is 33.9. The molecule has 1 amide bonds. The van der Waals surface area contributed by atoms with Gasteiger partial charge in [-0.05, 0) is 100.0 Å². The molecule has 7 rings (SSSR count). The second-order valence-corrected chi connectivity index (χ2v) is 16.6. The number of likely N-dealkylation sites (tertiary alicyclic amines) is 1. The number of benzene rings is 2. The molecule has 3 aromatic rings. The van der Waals surface area contributed by atoms with E-state index in [0.717, 1.165) is 74.4 Å². The summed E-state index contributed by atoms with van der Waals surface area (Å²) in [5.41, 5.74) is 3.83. The highest BCUT2D eigenvalue weighted by Crippen LogP contribution is 2.37. The molecular formula is C38H49N5O5S. The van der Waals surface area contributed by atoms with Gasteiger partial charge in [0.1, 0.15) is 6.61 Å². The van der Waals surface area contributed by atoms with Gasteiger partial charge in [-0.3, -0.25) is 4.79 Å². The Balaban J connectivity index is 1.18. The molecule has 2 saturated carbocycles. The van der Waals surface area contributed by atoms with E-state index >= 15 is 0 Å². The number of piperidine rings is 1. The van der Waals surface area contributed by atoms with Gasteiger partial charge in [0.15, 0.2) is 0 Å². The SMILES string of the molecule is Cc1cccc(C)c1-c1cc2nc(n1)NS(=O)(=O)c1cccc(c1)C(=O)N(C1CC(N3CCC(OCC4CC4)CC3)C1)[C@H](CC(C)C)CO2. The van der Waals surface area contributed by atoms with Crippen LogP contribution in [0.2, 0.25) is 0 Å². The molecule has 10 nitrogen and oxygen atoms in total. The molecule has 1 atom stereocenters. The Morgan fingerprint density at radius 3 is 2.37 bits per heavy atom. The van der Waals surface area contributed by atoms with E-state index in [1.807, 2.05) is 36.9 Å². The van der Waals surface area contributed by atoms with Crippen molar-refractivity contribution in [2.45, 2.75) is 102 Å². The van der Waals surface area contributed by atoms with Crippen molar-refractivity contribution in [1.29, 1.82) is 0 Å². The third kappa shape index (κ3) is 7.64. The third-order valence-electron chi connectivity index (χ3n) is 10.6. The van der Waals surface area contributed by atoms with Crippen LogP contribution >= 0.6 is 0 Å². The van der Waals surface area contributed by atoms with Gasteiger partial charge in [-0.1, -0.05) is 38.1 Å². The maximum atomic E-state index is 14.5. The first-order chi connectivity index (χ1) is 23.5. The van der Waals surface area contributed by atoms with Crippen molar-refractivity contribution in [3.8, 4) is 17.1 Å². The summed E-state index contributed by atoms with van der Waals surface area (Å²) in [5.74, 6) is 1.09. The molecule has 11 heteroatoms. The van der Waals surface area contributed by atoms with Crippen LogP contribution in [-0.4, -0.2) is 84.6 Å². The molecule has 0 spiro atoms. The molecule has 49 heavy (non-hydrogen) atoms. The number of fused-ring (bicyclic) bond motifs is 4. The number of aromatic nitrogens is 2. The van der Waals surface area contributed by atoms with E-state index in [0.29, 0.717) is 29.3 Å². The molecular weight excluding hydrogens is 639 g/mol. The van der Waals surface area contributed by atoms with Gasteiger partial charge in [-0.2, -0.15) is 4.98 Å². The molecule has 4 bridgehead atoms. The summed E-state index contributed by atoms with van der Waals surface area (Å²) in [4.78, 5) is 28.2. The minimum absolute atomic E-state index is 0.0141. The molecule has 1 saturated heterocycles. The highest BCUT2D eigenvalue weighted by molar-refractivity contribution is 7.92. The predicted octanol–water partition coefficient (Wildman–Crippen LogP) is 6.23. The highest BCUT2D eigenvalue weighted by atomic mass is 32.2. The van der Waals surface area contributed by atoms with Crippen molar-refractivity contribution in [3.63, 3.8) is 0 Å². The summed E-state index contributed by atoms with van der Waals surface area (Å²) in [5, 5.41) is 0. The summed E-state index contributed by atoms with van der Waals surface area (Å²) in [6, 6.07) is 14.3. The lowest BCUT2D eigenvalue weighted by molar-refractivity contribution is -0.0380. The minimum Gasteiger partial charge on any atom is -0.475 e. The first-order valence-corrected chi connectivity index (χ1v) is 19.4. The van der Waals surface area contributed by atoms with Crippen molar-refractivity contribution in [2.75, 3.05) is 31.0 Å². The Hall–Kier alpha value is -3.54. The van der Waals surface area contributed by atoms with Crippen LogP contribution in [0, 0.1) is 25.7 Å². The lowest BCUT2D eigenvalue weighted by Gasteiger charge is -2.51. The summed E-state index contributed by atoms with van der Waals surface area (Å²) < 4.78 is 42.6. The van der Waals surface area contributed by atoms with Crippen LogP contribution in [0.15, 0.2) is 53.4 Å². The number of amides is 1. The molecule has 2 aromatic carbocycles. The quantitative estimate of drug-likeness (QED) is 0.297. The zero-order chi connectivity index (χ0) is 34.3. The number of hydrogen-bond acceptors (Lipinski definition) is 8. The number of rotatable bonds is 8. The molecule has 262 valence electrons. The number of sulfonamides is 1. The normalized spacial score (nSPS) is 24.6. The van der Waals surface area contributed by atoms with Gasteiger partial charge < -0.3 is 19.3 Å². The number of carbonyl (C=O) groups is 1. The van der Waals surface area contributed by atoms with Gasteiger partial charge in [0, 0.05) is 49.0 Å². The van der Waals surface area contributed by atoms with Gasteiger partial charge in [-0.25, -0.2) is 18.1 Å². The molecule has 1 N–H and O–H groups in total. The third-order valence-corrected chi connectivity index (χ3v) is 11.9. The standard InChI is InChI=1S/C38H49N5O5S/c1-24(2)17-31-23-48-35-21-34(36-25(3)7-5-8-26(36)4)39-38(40-35)41-49(45,46)33-10-6-9-28(18-33)37(44)43(31)30-19-29(20-30)42-15-13-32(14-16-42)47-22-27-11-12-27/h5-10,18,21,24,27,29-32H,11-17,19-20,22-23H2,1-4H3,(H,39,40,41)/t29?,30?,31-/m1/s1. The number of carbonyl (C=O) groups excluding carboxylic acids is 1. The Morgan fingerprint density at radius 1 is 0.959 bits per heavy atom. The van der Waals surface area contributed by atoms with Crippen LogP contribution in [0.25, 0.3) is 11.3 Å². The maximum absolute atomic E-state index is 14.5. The van der Waals surface area contributed by atoms with Crippen molar-refractivity contribution < 1.29 is 22.7 Å². The van der Waals surface area contributed by atoms with E-state index in [1.165, 1.54) is 25.0 Å². The molecule has 3 heterocycles. The van der Waals surface area contributed by atoms with Crippen LogP contribution in [0.4, 0.5) is 5.95 Å². The van der Waals surface area contributed by atoms with Gasteiger partial charge >= 0.3 is 0 Å². The van der Waals surface area contributed by atoms with Crippen LogP contribution in [0.1, 0.15) is 80.3 Å². The van der Waals surface area contributed by atoms with E-state index in [1.54, 1.807) is 18.2 Å². The Labute approximate surface area is 290 Å². The molecule has 1 aromatic heterocycles. The number of aryl methyl sites for hydroxylation is 2. The average Bonchev–Trinajstić information content (AvgIpc) is 3.88. The average molecular weight is 688 g/mol. The lowest BCUT2D eigenvalue weighted by Crippen LogP contribution is -2.60. The Bertz CT molecular complexity index is 1760. The molecule has 2 aliphatic carbocycles.